The van der Waals surface area contributed by atoms with Crippen LogP contribution in [0.3, 0.4) is 0 Å². The van der Waals surface area contributed by atoms with Gasteiger partial charge in [0.15, 0.2) is 0 Å². The first-order chi connectivity index (χ1) is 9.31. The van der Waals surface area contributed by atoms with Crippen molar-refractivity contribution in [2.45, 2.75) is 45.1 Å². The molecule has 2 atom stereocenters. The summed E-state index contributed by atoms with van der Waals surface area (Å²) < 4.78 is 2.55. The van der Waals surface area contributed by atoms with Crippen molar-refractivity contribution in [1.29, 1.82) is 0 Å². The minimum Gasteiger partial charge on any atom is -0.341 e. The van der Waals surface area contributed by atoms with E-state index in [4.69, 9.17) is 5.73 Å². The van der Waals surface area contributed by atoms with E-state index in [0.717, 1.165) is 6.54 Å². The van der Waals surface area contributed by atoms with E-state index in [0.29, 0.717) is 12.0 Å². The van der Waals surface area contributed by atoms with E-state index in [2.05, 4.69) is 41.8 Å². The summed E-state index contributed by atoms with van der Waals surface area (Å²) in [5, 5.41) is 1.36. The third-order valence-corrected chi connectivity index (χ3v) is 4.69. The van der Waals surface area contributed by atoms with Gasteiger partial charge in [-0.3, -0.25) is 0 Å². The summed E-state index contributed by atoms with van der Waals surface area (Å²) in [5.74, 6) is 0.636. The van der Waals surface area contributed by atoms with Gasteiger partial charge in [0.1, 0.15) is 0 Å². The van der Waals surface area contributed by atoms with E-state index in [1.807, 2.05) is 0 Å². The van der Waals surface area contributed by atoms with Gasteiger partial charge in [0.25, 0.3) is 0 Å². The molecule has 0 spiro atoms. The van der Waals surface area contributed by atoms with E-state index >= 15 is 0 Å². The molecule has 3 rings (SSSR count). The van der Waals surface area contributed by atoms with Crippen molar-refractivity contribution >= 4 is 10.9 Å². The number of aryl methyl sites for hydroxylation is 1. The lowest BCUT2D eigenvalue weighted by atomic mass is 9.94. The van der Waals surface area contributed by atoms with Crippen LogP contribution < -0.4 is 5.73 Å². The molecule has 0 bridgehead atoms. The van der Waals surface area contributed by atoms with E-state index in [1.54, 1.807) is 0 Å². The molecule has 2 nitrogen and oxygen atoms in total. The quantitative estimate of drug-likeness (QED) is 0.808. The Morgan fingerprint density at radius 3 is 2.79 bits per heavy atom. The fraction of sp³-hybridized carbons (Fsp3) is 0.529. The number of hydrogen-bond acceptors (Lipinski definition) is 1. The molecule has 1 aromatic heterocycles. The van der Waals surface area contributed by atoms with Gasteiger partial charge in [-0.15, -0.1) is 0 Å². The van der Waals surface area contributed by atoms with Crippen molar-refractivity contribution in [3.05, 3.63) is 36.0 Å². The third-order valence-electron chi connectivity index (χ3n) is 4.69. The monoisotopic (exact) mass is 256 g/mol. The molecule has 0 aliphatic heterocycles. The molecule has 2 N–H and O–H groups in total. The maximum atomic E-state index is 6.05. The summed E-state index contributed by atoms with van der Waals surface area (Å²) in [5.41, 5.74) is 8.81. The van der Waals surface area contributed by atoms with E-state index in [-0.39, 0.29) is 0 Å². The van der Waals surface area contributed by atoms with Gasteiger partial charge >= 0.3 is 0 Å². The second-order valence-electron chi connectivity index (χ2n) is 5.92. The average Bonchev–Trinajstić information content (AvgIpc) is 2.61. The summed E-state index contributed by atoms with van der Waals surface area (Å²) in [6.45, 7) is 3.05. The summed E-state index contributed by atoms with van der Waals surface area (Å²) in [7, 11) is 0. The number of nitrogens with zero attached hydrogens (tertiary/aromatic N) is 1. The Labute approximate surface area is 115 Å². The molecular formula is C17H24N2. The number of rotatable bonds is 2. The number of fused-ring (bicyclic) bond motifs is 1. The average molecular weight is 256 g/mol. The molecule has 0 radical (unpaired) electrons. The predicted octanol–water partition coefficient (Wildman–Crippen LogP) is 4.03. The molecule has 0 saturated heterocycles. The maximum Gasteiger partial charge on any atom is 0.0485 e. The smallest absolute Gasteiger partial charge is 0.0485 e. The van der Waals surface area contributed by atoms with Gasteiger partial charge in [-0.1, -0.05) is 37.5 Å². The van der Waals surface area contributed by atoms with Crippen LogP contribution in [0.1, 0.15) is 43.8 Å². The zero-order valence-electron chi connectivity index (χ0n) is 11.8. The van der Waals surface area contributed by atoms with E-state index < -0.39 is 0 Å². The van der Waals surface area contributed by atoms with Crippen LogP contribution in [0, 0.1) is 12.8 Å². The van der Waals surface area contributed by atoms with Gasteiger partial charge in [-0.25, -0.2) is 0 Å². The molecule has 2 unspecified atom stereocenters. The van der Waals surface area contributed by atoms with Gasteiger partial charge in [-0.05, 0) is 49.7 Å². The first kappa shape index (κ1) is 12.7. The normalized spacial score (nSPS) is 24.5. The second kappa shape index (κ2) is 5.38. The van der Waals surface area contributed by atoms with Crippen LogP contribution in [0.4, 0.5) is 0 Å². The fourth-order valence-electron chi connectivity index (χ4n) is 3.73. The van der Waals surface area contributed by atoms with Gasteiger partial charge in [0.2, 0.25) is 0 Å². The lowest BCUT2D eigenvalue weighted by Crippen LogP contribution is -2.26. The Bertz CT molecular complexity index is 555. The zero-order valence-corrected chi connectivity index (χ0v) is 11.8. The number of nitrogens with two attached hydrogens (primary N) is 1. The van der Waals surface area contributed by atoms with Crippen molar-refractivity contribution in [2.75, 3.05) is 6.54 Å². The Morgan fingerprint density at radius 1 is 1.16 bits per heavy atom. The first-order valence-electron chi connectivity index (χ1n) is 7.58. The molecule has 1 heterocycles. The molecule has 1 aliphatic carbocycles. The molecule has 0 amide bonds. The lowest BCUT2D eigenvalue weighted by Gasteiger charge is -2.28. The van der Waals surface area contributed by atoms with Crippen molar-refractivity contribution in [2.24, 2.45) is 11.7 Å². The Kier molecular flexibility index (Phi) is 3.61. The van der Waals surface area contributed by atoms with Crippen molar-refractivity contribution < 1.29 is 0 Å². The number of hydrogen-bond donors (Lipinski definition) is 1. The Balaban J connectivity index is 2.08. The van der Waals surface area contributed by atoms with Crippen LogP contribution in [-0.4, -0.2) is 11.1 Å². The summed E-state index contributed by atoms with van der Waals surface area (Å²) in [4.78, 5) is 0. The number of para-hydroxylation sites is 1. The zero-order chi connectivity index (χ0) is 13.2. The molecule has 102 valence electrons. The van der Waals surface area contributed by atoms with Gasteiger partial charge in [-0.2, -0.15) is 0 Å². The molecule has 19 heavy (non-hydrogen) atoms. The minimum absolute atomic E-state index is 0.590. The largest absolute Gasteiger partial charge is 0.341 e. The Morgan fingerprint density at radius 2 is 1.95 bits per heavy atom. The highest BCUT2D eigenvalue weighted by atomic mass is 15.0. The van der Waals surface area contributed by atoms with Crippen LogP contribution in [0.2, 0.25) is 0 Å². The molecule has 2 aromatic rings. The molecule has 2 heteroatoms. The molecule has 1 aliphatic rings. The predicted molar refractivity (Wildman–Crippen MR) is 81.3 cm³/mol. The summed E-state index contributed by atoms with van der Waals surface area (Å²) in [6.07, 6.45) is 6.61. The standard InChI is InChI=1S/C17H24N2/c1-13-11-14-7-5-6-10-16(14)19(13)17-9-4-2-3-8-15(17)12-18/h5-7,10-11,15,17H,2-4,8-9,12,18H2,1H3. The van der Waals surface area contributed by atoms with Gasteiger partial charge in [0, 0.05) is 17.3 Å². The molecule has 1 aromatic carbocycles. The highest BCUT2D eigenvalue weighted by Crippen LogP contribution is 2.36. The van der Waals surface area contributed by atoms with E-state index in [9.17, 15) is 0 Å². The highest BCUT2D eigenvalue weighted by Gasteiger charge is 2.25. The van der Waals surface area contributed by atoms with Crippen LogP contribution in [-0.2, 0) is 0 Å². The Hall–Kier alpha value is -1.28. The van der Waals surface area contributed by atoms with Crippen LogP contribution >= 0.6 is 0 Å². The van der Waals surface area contributed by atoms with Gasteiger partial charge < -0.3 is 10.3 Å². The van der Waals surface area contributed by atoms with Gasteiger partial charge in [0.05, 0.1) is 0 Å². The van der Waals surface area contributed by atoms with Crippen molar-refractivity contribution in [3.8, 4) is 0 Å². The molecule has 1 fully saturated rings. The summed E-state index contributed by atoms with van der Waals surface area (Å²) >= 11 is 0. The summed E-state index contributed by atoms with van der Waals surface area (Å²) in [6, 6.07) is 11.6. The maximum absolute atomic E-state index is 6.05. The molecular weight excluding hydrogens is 232 g/mol. The number of aromatic nitrogens is 1. The molecule has 1 saturated carbocycles. The number of benzene rings is 1. The lowest BCUT2D eigenvalue weighted by molar-refractivity contribution is 0.321. The minimum atomic E-state index is 0.590. The van der Waals surface area contributed by atoms with Crippen molar-refractivity contribution in [1.82, 2.24) is 4.57 Å². The topological polar surface area (TPSA) is 30.9 Å². The third kappa shape index (κ3) is 2.30. The SMILES string of the molecule is Cc1cc2ccccc2n1C1CCCCCC1CN. The van der Waals surface area contributed by atoms with Crippen LogP contribution in [0.5, 0.6) is 0 Å². The highest BCUT2D eigenvalue weighted by molar-refractivity contribution is 5.81. The second-order valence-corrected chi connectivity index (χ2v) is 5.92. The fourth-order valence-corrected chi connectivity index (χ4v) is 3.73. The van der Waals surface area contributed by atoms with Crippen LogP contribution in [0.25, 0.3) is 10.9 Å². The first-order valence-corrected chi connectivity index (χ1v) is 7.58. The van der Waals surface area contributed by atoms with Crippen molar-refractivity contribution in [3.63, 3.8) is 0 Å². The van der Waals surface area contributed by atoms with E-state index in [1.165, 1.54) is 48.7 Å². The van der Waals surface area contributed by atoms with Crippen LogP contribution in [0.15, 0.2) is 30.3 Å².